The van der Waals surface area contributed by atoms with Gasteiger partial charge in [0.05, 0.1) is 11.5 Å². The lowest BCUT2D eigenvalue weighted by molar-refractivity contribution is -0.147. The van der Waals surface area contributed by atoms with Crippen molar-refractivity contribution < 1.29 is 14.7 Å². The van der Waals surface area contributed by atoms with Gasteiger partial charge in [0.25, 0.3) is 5.91 Å². The number of fused-ring (bicyclic) bond motifs is 1. The van der Waals surface area contributed by atoms with Crippen LogP contribution in [0.1, 0.15) is 29.8 Å². The molecule has 126 valence electrons. The number of aliphatic hydroxyl groups excluding tert-OH is 1. The van der Waals surface area contributed by atoms with Gasteiger partial charge in [0.15, 0.2) is 0 Å². The van der Waals surface area contributed by atoms with Gasteiger partial charge in [-0.05, 0) is 43.5 Å². The van der Waals surface area contributed by atoms with Gasteiger partial charge < -0.3 is 19.7 Å². The van der Waals surface area contributed by atoms with E-state index in [9.17, 15) is 14.7 Å². The van der Waals surface area contributed by atoms with Gasteiger partial charge in [-0.15, -0.1) is 0 Å². The number of nitrogens with one attached hydrogen (secondary N) is 1. The zero-order valence-electron chi connectivity index (χ0n) is 13.4. The van der Waals surface area contributed by atoms with Crippen molar-refractivity contribution in [3.05, 3.63) is 42.2 Å². The maximum atomic E-state index is 13.0. The quantitative estimate of drug-likeness (QED) is 0.822. The lowest BCUT2D eigenvalue weighted by Crippen LogP contribution is -2.62. The highest BCUT2D eigenvalue weighted by molar-refractivity contribution is 5.95. The van der Waals surface area contributed by atoms with Gasteiger partial charge >= 0.3 is 0 Å². The summed E-state index contributed by atoms with van der Waals surface area (Å²) in [5, 5.41) is 13.3. The van der Waals surface area contributed by atoms with E-state index in [0.717, 1.165) is 11.9 Å². The number of hydrogen-bond acceptors (Lipinski definition) is 3. The topological polar surface area (TPSA) is 74.1 Å². The third-order valence-electron chi connectivity index (χ3n) is 5.39. The van der Waals surface area contributed by atoms with Crippen LogP contribution in [0.3, 0.4) is 0 Å². The Kier molecular flexibility index (Phi) is 3.57. The Bertz CT molecular complexity index is 800. The van der Waals surface area contributed by atoms with Crippen LogP contribution in [0.5, 0.6) is 0 Å². The molecule has 4 heterocycles. The van der Waals surface area contributed by atoms with Crippen molar-refractivity contribution in [2.45, 2.75) is 25.4 Å². The molecule has 2 fully saturated rings. The second-order valence-electron chi connectivity index (χ2n) is 6.76. The number of nitrogens with zero attached hydrogens (tertiary/aromatic N) is 2. The predicted molar refractivity (Wildman–Crippen MR) is 88.6 cm³/mol. The number of aromatic nitrogens is 1. The molecule has 2 aromatic rings. The zero-order valence-corrected chi connectivity index (χ0v) is 13.4. The molecule has 24 heavy (non-hydrogen) atoms. The molecule has 2 atom stereocenters. The number of likely N-dealkylation sites (tertiary alicyclic amines) is 1. The summed E-state index contributed by atoms with van der Waals surface area (Å²) in [5.74, 6) is -0.218. The molecule has 0 saturated carbocycles. The summed E-state index contributed by atoms with van der Waals surface area (Å²) in [4.78, 5) is 27.2. The van der Waals surface area contributed by atoms with Gasteiger partial charge in [-0.3, -0.25) is 9.59 Å². The normalized spacial score (nSPS) is 27.5. The summed E-state index contributed by atoms with van der Waals surface area (Å²) in [6, 6.07) is 9.50. The summed E-state index contributed by atoms with van der Waals surface area (Å²) < 4.78 is 1.86. The van der Waals surface area contributed by atoms with Crippen LogP contribution in [0, 0.1) is 5.41 Å². The Balaban J connectivity index is 1.64. The highest BCUT2D eigenvalue weighted by Crippen LogP contribution is 2.37. The molecule has 2 saturated heterocycles. The minimum atomic E-state index is -0.862. The molecule has 2 N–H and O–H groups in total. The first-order valence-electron chi connectivity index (χ1n) is 8.43. The van der Waals surface area contributed by atoms with Crippen LogP contribution in [0.2, 0.25) is 0 Å². The molecule has 1 spiro atoms. The second kappa shape index (κ2) is 5.63. The molecule has 0 unspecified atom stereocenters. The first kappa shape index (κ1) is 15.2. The van der Waals surface area contributed by atoms with Crippen molar-refractivity contribution >= 4 is 17.3 Å². The lowest BCUT2D eigenvalue weighted by atomic mass is 9.71. The van der Waals surface area contributed by atoms with E-state index in [1.807, 2.05) is 40.9 Å². The summed E-state index contributed by atoms with van der Waals surface area (Å²) >= 11 is 0. The van der Waals surface area contributed by atoms with E-state index in [1.165, 1.54) is 0 Å². The summed E-state index contributed by atoms with van der Waals surface area (Å²) in [6.07, 6.45) is 3.07. The molecule has 4 rings (SSSR count). The molecule has 0 aliphatic carbocycles. The molecule has 6 nitrogen and oxygen atoms in total. The van der Waals surface area contributed by atoms with Crippen molar-refractivity contribution in [3.8, 4) is 0 Å². The summed E-state index contributed by atoms with van der Waals surface area (Å²) in [6.45, 7) is 1.39. The number of piperidine rings is 2. The highest BCUT2D eigenvalue weighted by Gasteiger charge is 2.50. The fourth-order valence-electron chi connectivity index (χ4n) is 4.01. The molecule has 2 aliphatic heterocycles. The lowest BCUT2D eigenvalue weighted by Gasteiger charge is -2.46. The molecule has 2 aromatic heterocycles. The highest BCUT2D eigenvalue weighted by atomic mass is 16.3. The molecule has 6 heteroatoms. The Hall–Kier alpha value is -2.34. The van der Waals surface area contributed by atoms with Crippen LogP contribution in [0.4, 0.5) is 0 Å². The number of carbonyl (C=O) groups excluding carboxylic acids is 2. The number of amides is 2. The van der Waals surface area contributed by atoms with E-state index >= 15 is 0 Å². The number of carbonyl (C=O) groups is 2. The molecular formula is C18H21N3O3. The largest absolute Gasteiger partial charge is 0.392 e. The summed E-state index contributed by atoms with van der Waals surface area (Å²) in [5.41, 5.74) is 0.690. The standard InChI is InChI=1S/C18H21N3O3/c22-15-7-11-20(12-18(15)8-3-9-19-17(18)24)16(23)14-6-5-13-4-1-2-10-21(13)14/h1-2,4-6,10,15,22H,3,7-9,11-12H2,(H,19,24)/t15-,18+/m0/s1. The van der Waals surface area contributed by atoms with Gasteiger partial charge in [-0.1, -0.05) is 6.07 Å². The van der Waals surface area contributed by atoms with Crippen LogP contribution < -0.4 is 5.32 Å². The number of aliphatic hydroxyl groups is 1. The minimum Gasteiger partial charge on any atom is -0.392 e. The van der Waals surface area contributed by atoms with Gasteiger partial charge in [0.2, 0.25) is 5.91 Å². The number of pyridine rings is 1. The van der Waals surface area contributed by atoms with Crippen molar-refractivity contribution in [1.82, 2.24) is 14.6 Å². The molecule has 2 amide bonds. The van der Waals surface area contributed by atoms with Crippen LogP contribution in [0.15, 0.2) is 36.5 Å². The first-order valence-corrected chi connectivity index (χ1v) is 8.43. The fraction of sp³-hybridized carbons (Fsp3) is 0.444. The number of rotatable bonds is 1. The Morgan fingerprint density at radius 1 is 1.29 bits per heavy atom. The average molecular weight is 327 g/mol. The molecule has 0 radical (unpaired) electrons. The second-order valence-corrected chi connectivity index (χ2v) is 6.76. The molecule has 0 aromatic carbocycles. The van der Waals surface area contributed by atoms with Gasteiger partial charge in [-0.25, -0.2) is 0 Å². The van der Waals surface area contributed by atoms with Crippen molar-refractivity contribution in [3.63, 3.8) is 0 Å². The molecule has 2 aliphatic rings. The Labute approximate surface area is 140 Å². The Morgan fingerprint density at radius 3 is 3.00 bits per heavy atom. The maximum absolute atomic E-state index is 13.0. The van der Waals surface area contributed by atoms with E-state index in [2.05, 4.69) is 5.32 Å². The van der Waals surface area contributed by atoms with E-state index in [-0.39, 0.29) is 18.4 Å². The summed E-state index contributed by atoms with van der Waals surface area (Å²) in [7, 11) is 0. The fourth-order valence-corrected chi connectivity index (χ4v) is 4.01. The van der Waals surface area contributed by atoms with E-state index in [1.54, 1.807) is 4.90 Å². The van der Waals surface area contributed by atoms with Crippen LogP contribution in [-0.2, 0) is 4.79 Å². The minimum absolute atomic E-state index is 0.0918. The van der Waals surface area contributed by atoms with Crippen molar-refractivity contribution in [2.75, 3.05) is 19.6 Å². The van der Waals surface area contributed by atoms with Crippen LogP contribution in [0.25, 0.3) is 5.52 Å². The van der Waals surface area contributed by atoms with E-state index < -0.39 is 11.5 Å². The van der Waals surface area contributed by atoms with Crippen molar-refractivity contribution in [1.29, 1.82) is 0 Å². The van der Waals surface area contributed by atoms with Crippen LogP contribution in [-0.4, -0.2) is 52.0 Å². The average Bonchev–Trinajstić information content (AvgIpc) is 3.03. The third-order valence-corrected chi connectivity index (χ3v) is 5.39. The van der Waals surface area contributed by atoms with E-state index in [0.29, 0.717) is 31.6 Å². The van der Waals surface area contributed by atoms with Gasteiger partial charge in [0, 0.05) is 31.3 Å². The molecule has 0 bridgehead atoms. The predicted octanol–water partition coefficient (Wildman–Crippen LogP) is 1.04. The maximum Gasteiger partial charge on any atom is 0.270 e. The third kappa shape index (κ3) is 2.21. The van der Waals surface area contributed by atoms with Gasteiger partial charge in [0.1, 0.15) is 5.69 Å². The SMILES string of the molecule is O=C(c1ccc2ccccn12)N1CC[C@H](O)[C@@]2(CCCNC2=O)C1. The van der Waals surface area contributed by atoms with Crippen molar-refractivity contribution in [2.24, 2.45) is 5.41 Å². The Morgan fingerprint density at radius 2 is 2.17 bits per heavy atom. The van der Waals surface area contributed by atoms with Crippen LogP contribution >= 0.6 is 0 Å². The molecular weight excluding hydrogens is 306 g/mol. The van der Waals surface area contributed by atoms with Gasteiger partial charge in [-0.2, -0.15) is 0 Å². The first-order chi connectivity index (χ1) is 11.6. The smallest absolute Gasteiger partial charge is 0.270 e. The van der Waals surface area contributed by atoms with E-state index in [4.69, 9.17) is 0 Å². The zero-order chi connectivity index (χ0) is 16.7. The monoisotopic (exact) mass is 327 g/mol. The number of hydrogen-bond donors (Lipinski definition) is 2.